The Labute approximate surface area is 233 Å². The summed E-state index contributed by atoms with van der Waals surface area (Å²) in [5.74, 6) is -1.87. The molecule has 4 rings (SSSR count). The molecule has 2 aromatic rings. The van der Waals surface area contributed by atoms with E-state index in [-0.39, 0.29) is 35.2 Å². The maximum Gasteiger partial charge on any atom is 0.227 e. The standard InChI is InChI=1S/C30H38BrF2N3O2/c1-19-16-34(28(20(2)37)14-21-6-8-22(31)9-7-21)12-13-36(19)29(38)26-18-35(30(3,4)5)17-25(26)24-11-10-23(32)15-27(24)33/h6-11,15,19,25-26,28H,12-14,16-18H2,1-5H3/t19-,25?,26+,28-/m0/s1. The number of Topliss-reactive ketones (excluding diaryl/α,β-unsaturated/α-hetero) is 1. The Kier molecular flexibility index (Phi) is 8.75. The van der Waals surface area contributed by atoms with E-state index in [1.165, 1.54) is 12.1 Å². The van der Waals surface area contributed by atoms with Crippen molar-refractivity contribution in [2.75, 3.05) is 32.7 Å². The molecule has 0 spiro atoms. The van der Waals surface area contributed by atoms with Crippen LogP contribution in [0.15, 0.2) is 46.9 Å². The van der Waals surface area contributed by atoms with Gasteiger partial charge in [-0.2, -0.15) is 0 Å². The summed E-state index contributed by atoms with van der Waals surface area (Å²) in [6.45, 7) is 12.7. The van der Waals surface area contributed by atoms with Crippen LogP contribution in [0.25, 0.3) is 0 Å². The minimum Gasteiger partial charge on any atom is -0.337 e. The van der Waals surface area contributed by atoms with E-state index in [0.717, 1.165) is 16.1 Å². The molecule has 0 N–H and O–H groups in total. The van der Waals surface area contributed by atoms with E-state index in [9.17, 15) is 18.4 Å². The smallest absolute Gasteiger partial charge is 0.227 e. The van der Waals surface area contributed by atoms with Crippen LogP contribution < -0.4 is 0 Å². The fourth-order valence-electron chi connectivity index (χ4n) is 5.90. The van der Waals surface area contributed by atoms with Gasteiger partial charge in [0.25, 0.3) is 0 Å². The van der Waals surface area contributed by atoms with Crippen molar-refractivity contribution in [3.63, 3.8) is 0 Å². The number of carbonyl (C=O) groups is 2. The van der Waals surface area contributed by atoms with Crippen LogP contribution >= 0.6 is 15.9 Å². The monoisotopic (exact) mass is 589 g/mol. The Hall–Kier alpha value is -2.16. The first-order chi connectivity index (χ1) is 17.8. The van der Waals surface area contributed by atoms with Crippen molar-refractivity contribution in [2.45, 2.75) is 64.6 Å². The number of halogens is 3. The average molecular weight is 591 g/mol. The molecule has 0 bridgehead atoms. The van der Waals surface area contributed by atoms with Gasteiger partial charge in [0, 0.05) is 60.8 Å². The second-order valence-electron chi connectivity index (χ2n) is 11.8. The largest absolute Gasteiger partial charge is 0.337 e. The predicted octanol–water partition coefficient (Wildman–Crippen LogP) is 5.27. The summed E-state index contributed by atoms with van der Waals surface area (Å²) >= 11 is 3.46. The van der Waals surface area contributed by atoms with E-state index in [4.69, 9.17) is 0 Å². The molecule has 0 aliphatic carbocycles. The Balaban J connectivity index is 1.51. The second-order valence-corrected chi connectivity index (χ2v) is 12.7. The van der Waals surface area contributed by atoms with Gasteiger partial charge < -0.3 is 4.90 Å². The summed E-state index contributed by atoms with van der Waals surface area (Å²) in [6, 6.07) is 11.3. The third kappa shape index (κ3) is 6.35. The number of hydrogen-bond donors (Lipinski definition) is 0. The fraction of sp³-hybridized carbons (Fsp3) is 0.533. The molecule has 2 saturated heterocycles. The van der Waals surface area contributed by atoms with E-state index < -0.39 is 17.6 Å². The third-order valence-electron chi connectivity index (χ3n) is 8.14. The molecule has 1 unspecified atom stereocenters. The van der Waals surface area contributed by atoms with Crippen LogP contribution in [0, 0.1) is 17.6 Å². The van der Waals surface area contributed by atoms with Gasteiger partial charge in [-0.05, 0) is 70.4 Å². The molecule has 2 fully saturated rings. The van der Waals surface area contributed by atoms with Crippen LogP contribution in [0.4, 0.5) is 8.78 Å². The summed E-state index contributed by atoms with van der Waals surface area (Å²) in [4.78, 5) is 32.9. The molecular weight excluding hydrogens is 552 g/mol. The van der Waals surface area contributed by atoms with E-state index in [2.05, 4.69) is 46.5 Å². The van der Waals surface area contributed by atoms with E-state index in [1.807, 2.05) is 36.1 Å². The number of benzene rings is 2. The van der Waals surface area contributed by atoms with Gasteiger partial charge in [0.1, 0.15) is 17.4 Å². The quantitative estimate of drug-likeness (QED) is 0.460. The van der Waals surface area contributed by atoms with Crippen molar-refractivity contribution >= 4 is 27.6 Å². The van der Waals surface area contributed by atoms with Crippen LogP contribution in [-0.4, -0.2) is 76.7 Å². The Morgan fingerprint density at radius 1 is 1.03 bits per heavy atom. The number of piperazine rings is 1. The molecule has 5 nitrogen and oxygen atoms in total. The topological polar surface area (TPSA) is 43.9 Å². The minimum absolute atomic E-state index is 0.00455. The number of nitrogens with zero attached hydrogens (tertiary/aromatic N) is 3. The average Bonchev–Trinajstić information content (AvgIpc) is 3.29. The summed E-state index contributed by atoms with van der Waals surface area (Å²) in [5.41, 5.74) is 1.31. The van der Waals surface area contributed by atoms with Gasteiger partial charge in [-0.15, -0.1) is 0 Å². The molecule has 8 heteroatoms. The normalized spacial score (nSPS) is 24.0. The van der Waals surface area contributed by atoms with Gasteiger partial charge in [-0.1, -0.05) is 34.1 Å². The molecule has 0 aromatic heterocycles. The maximum absolute atomic E-state index is 14.9. The van der Waals surface area contributed by atoms with Crippen molar-refractivity contribution in [1.82, 2.24) is 14.7 Å². The van der Waals surface area contributed by atoms with Crippen molar-refractivity contribution in [3.8, 4) is 0 Å². The Morgan fingerprint density at radius 3 is 2.29 bits per heavy atom. The van der Waals surface area contributed by atoms with Crippen LogP contribution in [0.2, 0.25) is 0 Å². The molecule has 2 aliphatic heterocycles. The van der Waals surface area contributed by atoms with Gasteiger partial charge in [-0.3, -0.25) is 19.4 Å². The number of likely N-dealkylation sites (tertiary alicyclic amines) is 1. The molecule has 0 radical (unpaired) electrons. The molecule has 206 valence electrons. The van der Waals surface area contributed by atoms with Crippen molar-refractivity contribution in [1.29, 1.82) is 0 Å². The van der Waals surface area contributed by atoms with Gasteiger partial charge in [0.2, 0.25) is 5.91 Å². The minimum atomic E-state index is -0.618. The molecule has 1 amide bonds. The zero-order valence-corrected chi connectivity index (χ0v) is 24.5. The SMILES string of the molecule is CC(=O)[C@H](Cc1ccc(Br)cc1)N1CCN(C(=O)[C@@H]2CN(C(C)(C)C)CC2c2ccc(F)cc2F)[C@@H](C)C1. The molecule has 0 saturated carbocycles. The van der Waals surface area contributed by atoms with Crippen LogP contribution in [0.5, 0.6) is 0 Å². The molecule has 2 heterocycles. The highest BCUT2D eigenvalue weighted by Crippen LogP contribution is 2.39. The maximum atomic E-state index is 14.9. The van der Waals surface area contributed by atoms with E-state index in [0.29, 0.717) is 44.7 Å². The Morgan fingerprint density at radius 2 is 1.71 bits per heavy atom. The van der Waals surface area contributed by atoms with Crippen LogP contribution in [0.3, 0.4) is 0 Å². The molecular formula is C30H38BrF2N3O2. The highest BCUT2D eigenvalue weighted by molar-refractivity contribution is 9.10. The van der Waals surface area contributed by atoms with Gasteiger partial charge in [0.05, 0.1) is 12.0 Å². The number of hydrogen-bond acceptors (Lipinski definition) is 4. The van der Waals surface area contributed by atoms with Crippen LogP contribution in [0.1, 0.15) is 51.7 Å². The predicted molar refractivity (Wildman–Crippen MR) is 149 cm³/mol. The zero-order chi connectivity index (χ0) is 27.8. The lowest BCUT2D eigenvalue weighted by atomic mass is 9.87. The van der Waals surface area contributed by atoms with Crippen LogP contribution in [-0.2, 0) is 16.0 Å². The highest BCUT2D eigenvalue weighted by atomic mass is 79.9. The first-order valence-corrected chi connectivity index (χ1v) is 14.1. The first-order valence-electron chi connectivity index (χ1n) is 13.3. The third-order valence-corrected chi connectivity index (χ3v) is 8.67. The zero-order valence-electron chi connectivity index (χ0n) is 22.9. The van der Waals surface area contributed by atoms with Gasteiger partial charge in [0.15, 0.2) is 0 Å². The number of rotatable bonds is 6. The van der Waals surface area contributed by atoms with E-state index >= 15 is 0 Å². The lowest BCUT2D eigenvalue weighted by Crippen LogP contribution is -2.59. The summed E-state index contributed by atoms with van der Waals surface area (Å²) in [7, 11) is 0. The van der Waals surface area contributed by atoms with Crippen molar-refractivity contribution in [2.24, 2.45) is 5.92 Å². The van der Waals surface area contributed by atoms with Crippen molar-refractivity contribution < 1.29 is 18.4 Å². The molecule has 4 atom stereocenters. The Bertz CT molecular complexity index is 1170. The van der Waals surface area contributed by atoms with E-state index in [1.54, 1.807) is 6.92 Å². The van der Waals surface area contributed by atoms with Gasteiger partial charge >= 0.3 is 0 Å². The lowest BCUT2D eigenvalue weighted by molar-refractivity contribution is -0.141. The number of ketones is 1. The summed E-state index contributed by atoms with van der Waals surface area (Å²) in [5, 5.41) is 0. The lowest BCUT2D eigenvalue weighted by Gasteiger charge is -2.44. The summed E-state index contributed by atoms with van der Waals surface area (Å²) < 4.78 is 29.5. The number of amides is 1. The second kappa shape index (κ2) is 11.5. The molecule has 2 aliphatic rings. The van der Waals surface area contributed by atoms with Gasteiger partial charge in [-0.25, -0.2) is 8.78 Å². The van der Waals surface area contributed by atoms with Crippen molar-refractivity contribution in [3.05, 3.63) is 69.7 Å². The summed E-state index contributed by atoms with van der Waals surface area (Å²) in [6.07, 6.45) is 0.623. The number of carbonyl (C=O) groups excluding carboxylic acids is 2. The molecule has 38 heavy (non-hydrogen) atoms. The fourth-order valence-corrected chi connectivity index (χ4v) is 6.17. The highest BCUT2D eigenvalue weighted by Gasteiger charge is 2.46. The first kappa shape index (κ1) is 28.8. The molecule has 2 aromatic carbocycles.